The van der Waals surface area contributed by atoms with Crippen LogP contribution < -0.4 is 4.90 Å². The fraction of sp³-hybridized carbons (Fsp3) is 0.261. The van der Waals surface area contributed by atoms with E-state index in [1.165, 1.54) is 0 Å². The van der Waals surface area contributed by atoms with Crippen LogP contribution in [0.2, 0.25) is 0 Å². The second-order valence-corrected chi connectivity index (χ2v) is 6.89. The predicted molar refractivity (Wildman–Crippen MR) is 112 cm³/mol. The van der Waals surface area contributed by atoms with Crippen molar-refractivity contribution in [2.45, 2.75) is 13.8 Å². The highest BCUT2D eigenvalue weighted by Gasteiger charge is 2.14. The summed E-state index contributed by atoms with van der Waals surface area (Å²) in [6.07, 6.45) is 0. The summed E-state index contributed by atoms with van der Waals surface area (Å²) in [5, 5.41) is 10.4. The van der Waals surface area contributed by atoms with E-state index < -0.39 is 0 Å². The highest BCUT2D eigenvalue weighted by Crippen LogP contribution is 2.30. The molecule has 0 aliphatic heterocycles. The van der Waals surface area contributed by atoms with Gasteiger partial charge in [-0.2, -0.15) is 5.26 Å². The summed E-state index contributed by atoms with van der Waals surface area (Å²) in [6, 6.07) is 15.8. The summed E-state index contributed by atoms with van der Waals surface area (Å²) in [5.41, 5.74) is 5.29. The van der Waals surface area contributed by atoms with Gasteiger partial charge in [0.25, 0.3) is 0 Å². The van der Waals surface area contributed by atoms with Gasteiger partial charge in [0, 0.05) is 42.9 Å². The van der Waals surface area contributed by atoms with Gasteiger partial charge < -0.3 is 9.64 Å². The summed E-state index contributed by atoms with van der Waals surface area (Å²) in [5.74, 6) is -0.0127. The normalized spacial score (nSPS) is 10.7. The molecule has 1 aromatic heterocycles. The van der Waals surface area contributed by atoms with Crippen LogP contribution in [-0.4, -0.2) is 38.1 Å². The first kappa shape index (κ1) is 19.5. The molecule has 5 heteroatoms. The molecule has 2 aromatic carbocycles. The van der Waals surface area contributed by atoms with E-state index in [9.17, 15) is 10.1 Å². The number of methoxy groups -OCH3 is 1. The van der Waals surface area contributed by atoms with Gasteiger partial charge in [0.15, 0.2) is 5.78 Å². The van der Waals surface area contributed by atoms with E-state index in [2.05, 4.69) is 16.0 Å². The zero-order valence-electron chi connectivity index (χ0n) is 16.6. The Morgan fingerprint density at radius 2 is 1.93 bits per heavy atom. The maximum absolute atomic E-state index is 12.1. The molecule has 0 N–H and O–H groups in total. The fourth-order valence-electron chi connectivity index (χ4n) is 3.27. The second kappa shape index (κ2) is 8.20. The highest BCUT2D eigenvalue weighted by molar-refractivity contribution is 6.07. The standard InChI is InChI=1S/C23H23N3O2/c1-15-11-19(16(2)27)21-13-20(23(14-24)25-22(21)12-15)17-5-7-18(8-6-17)26(3)9-10-28-4/h5-8,11-13H,9-10H2,1-4H3. The van der Waals surface area contributed by atoms with Crippen LogP contribution in [0.5, 0.6) is 0 Å². The molecule has 3 rings (SSSR count). The fourth-order valence-corrected chi connectivity index (χ4v) is 3.27. The van der Waals surface area contributed by atoms with Crippen molar-refractivity contribution in [3.63, 3.8) is 0 Å². The maximum atomic E-state index is 12.1. The van der Waals surface area contributed by atoms with Gasteiger partial charge in [0.1, 0.15) is 11.8 Å². The number of nitriles is 1. The molecule has 0 bridgehead atoms. The van der Waals surface area contributed by atoms with Crippen molar-refractivity contribution in [1.82, 2.24) is 4.98 Å². The van der Waals surface area contributed by atoms with Crippen LogP contribution in [-0.2, 0) is 4.74 Å². The zero-order chi connectivity index (χ0) is 20.3. The van der Waals surface area contributed by atoms with E-state index in [0.29, 0.717) is 23.4 Å². The maximum Gasteiger partial charge on any atom is 0.160 e. The number of fused-ring (bicyclic) bond motifs is 1. The van der Waals surface area contributed by atoms with E-state index in [1.54, 1.807) is 14.0 Å². The van der Waals surface area contributed by atoms with Crippen LogP contribution in [0.25, 0.3) is 22.0 Å². The van der Waals surface area contributed by atoms with Crippen molar-refractivity contribution >= 4 is 22.4 Å². The van der Waals surface area contributed by atoms with Crippen LogP contribution in [0.4, 0.5) is 5.69 Å². The highest BCUT2D eigenvalue weighted by atomic mass is 16.5. The quantitative estimate of drug-likeness (QED) is 0.600. The van der Waals surface area contributed by atoms with Gasteiger partial charge in [-0.3, -0.25) is 4.79 Å². The van der Waals surface area contributed by atoms with Crippen molar-refractivity contribution in [3.05, 3.63) is 59.3 Å². The summed E-state index contributed by atoms with van der Waals surface area (Å²) < 4.78 is 5.12. The molecule has 5 nitrogen and oxygen atoms in total. The Morgan fingerprint density at radius 3 is 2.54 bits per heavy atom. The number of ether oxygens (including phenoxy) is 1. The van der Waals surface area contributed by atoms with Gasteiger partial charge in [-0.25, -0.2) is 4.98 Å². The topological polar surface area (TPSA) is 66.2 Å². The molecular formula is C23H23N3O2. The molecule has 0 saturated heterocycles. The van der Waals surface area contributed by atoms with Gasteiger partial charge in [-0.1, -0.05) is 12.1 Å². The van der Waals surface area contributed by atoms with Gasteiger partial charge in [-0.05, 0) is 55.3 Å². The Kier molecular flexibility index (Phi) is 5.72. The number of benzene rings is 2. The molecule has 28 heavy (non-hydrogen) atoms. The van der Waals surface area contributed by atoms with Gasteiger partial charge >= 0.3 is 0 Å². The molecule has 0 amide bonds. The first-order chi connectivity index (χ1) is 13.4. The molecule has 0 aliphatic rings. The molecule has 0 unspecified atom stereocenters. The number of rotatable bonds is 6. The third kappa shape index (κ3) is 3.88. The summed E-state index contributed by atoms with van der Waals surface area (Å²) in [7, 11) is 3.69. The number of anilines is 1. The lowest BCUT2D eigenvalue weighted by Crippen LogP contribution is -2.21. The number of aryl methyl sites for hydroxylation is 1. The van der Waals surface area contributed by atoms with E-state index in [1.807, 2.05) is 56.4 Å². The van der Waals surface area contributed by atoms with Crippen molar-refractivity contribution in [3.8, 4) is 17.2 Å². The zero-order valence-corrected chi connectivity index (χ0v) is 16.6. The number of ketones is 1. The Labute approximate surface area is 165 Å². The van der Waals surface area contributed by atoms with Crippen LogP contribution >= 0.6 is 0 Å². The molecule has 0 radical (unpaired) electrons. The Hall–Kier alpha value is -3.23. The first-order valence-corrected chi connectivity index (χ1v) is 9.11. The van der Waals surface area contributed by atoms with Crippen LogP contribution in [0.3, 0.4) is 0 Å². The van der Waals surface area contributed by atoms with Gasteiger partial charge in [0.05, 0.1) is 12.1 Å². The Balaban J connectivity index is 2.09. The van der Waals surface area contributed by atoms with Crippen LogP contribution in [0.1, 0.15) is 28.5 Å². The lowest BCUT2D eigenvalue weighted by atomic mass is 9.96. The van der Waals surface area contributed by atoms with Crippen molar-refractivity contribution in [2.24, 2.45) is 0 Å². The average Bonchev–Trinajstić information content (AvgIpc) is 2.70. The van der Waals surface area contributed by atoms with Gasteiger partial charge in [0.2, 0.25) is 0 Å². The molecule has 142 valence electrons. The third-order valence-electron chi connectivity index (χ3n) is 4.81. The molecule has 0 atom stereocenters. The van der Waals surface area contributed by atoms with Gasteiger partial charge in [-0.15, -0.1) is 0 Å². The molecule has 3 aromatic rings. The lowest BCUT2D eigenvalue weighted by Gasteiger charge is -2.19. The largest absolute Gasteiger partial charge is 0.383 e. The number of carbonyl (C=O) groups excluding carboxylic acids is 1. The van der Waals surface area contributed by atoms with Crippen LogP contribution in [0.15, 0.2) is 42.5 Å². The van der Waals surface area contributed by atoms with Crippen molar-refractivity contribution in [1.29, 1.82) is 5.26 Å². The SMILES string of the molecule is COCCN(C)c1ccc(-c2cc3c(C(C)=O)cc(C)cc3nc2C#N)cc1. The van der Waals surface area contributed by atoms with E-state index in [4.69, 9.17) is 4.74 Å². The third-order valence-corrected chi connectivity index (χ3v) is 4.81. The number of hydrogen-bond donors (Lipinski definition) is 0. The smallest absolute Gasteiger partial charge is 0.160 e. The summed E-state index contributed by atoms with van der Waals surface area (Å²) in [4.78, 5) is 18.7. The van der Waals surface area contributed by atoms with E-state index in [0.717, 1.165) is 34.3 Å². The first-order valence-electron chi connectivity index (χ1n) is 9.11. The number of likely N-dealkylation sites (N-methyl/N-ethyl adjacent to an activating group) is 1. The second-order valence-electron chi connectivity index (χ2n) is 6.89. The van der Waals surface area contributed by atoms with Crippen molar-refractivity contribution in [2.75, 3.05) is 32.2 Å². The number of pyridine rings is 1. The minimum absolute atomic E-state index is 0.0127. The summed E-state index contributed by atoms with van der Waals surface area (Å²) >= 11 is 0. The molecule has 0 fully saturated rings. The molecular weight excluding hydrogens is 350 g/mol. The number of Topliss-reactive ketones (excluding diaryl/α,β-unsaturated/α-hetero) is 1. The number of nitrogens with zero attached hydrogens (tertiary/aromatic N) is 3. The minimum Gasteiger partial charge on any atom is -0.383 e. The molecule has 0 aliphatic carbocycles. The lowest BCUT2D eigenvalue weighted by molar-refractivity contribution is 0.101. The average molecular weight is 373 g/mol. The molecule has 0 saturated carbocycles. The van der Waals surface area contributed by atoms with E-state index in [-0.39, 0.29) is 5.78 Å². The monoisotopic (exact) mass is 373 g/mol. The number of hydrogen-bond acceptors (Lipinski definition) is 5. The summed E-state index contributed by atoms with van der Waals surface area (Å²) in [6.45, 7) is 4.92. The van der Waals surface area contributed by atoms with Crippen LogP contribution in [0, 0.1) is 18.3 Å². The molecule has 1 heterocycles. The predicted octanol–water partition coefficient (Wildman–Crippen LogP) is 4.37. The molecule has 0 spiro atoms. The minimum atomic E-state index is -0.0127. The number of aromatic nitrogens is 1. The van der Waals surface area contributed by atoms with E-state index >= 15 is 0 Å². The van der Waals surface area contributed by atoms with Crippen molar-refractivity contribution < 1.29 is 9.53 Å². The number of carbonyl (C=O) groups is 1. The Morgan fingerprint density at radius 1 is 1.21 bits per heavy atom. The Bertz CT molecular complexity index is 1070.